The first-order valence-corrected chi connectivity index (χ1v) is 4.95. The molecule has 0 saturated carbocycles. The lowest BCUT2D eigenvalue weighted by Gasteiger charge is -2.16. The number of nitrogens with two attached hydrogens (primary N) is 1. The van der Waals surface area contributed by atoms with Gasteiger partial charge in [-0.2, -0.15) is 5.26 Å². The molecular formula is C12H14N2O. The van der Waals surface area contributed by atoms with Crippen molar-refractivity contribution in [3.8, 4) is 11.8 Å². The van der Waals surface area contributed by atoms with Crippen LogP contribution in [0.3, 0.4) is 0 Å². The maximum absolute atomic E-state index is 8.72. The quantitative estimate of drug-likeness (QED) is 0.702. The van der Waals surface area contributed by atoms with E-state index in [9.17, 15) is 0 Å². The van der Waals surface area contributed by atoms with Gasteiger partial charge in [-0.3, -0.25) is 0 Å². The third-order valence-electron chi connectivity index (χ3n) is 1.99. The Labute approximate surface area is 89.8 Å². The molecule has 0 atom stereocenters. The molecule has 0 aliphatic carbocycles. The van der Waals surface area contributed by atoms with Crippen molar-refractivity contribution in [3.63, 3.8) is 0 Å². The van der Waals surface area contributed by atoms with E-state index in [1.54, 1.807) is 0 Å². The number of fused-ring (bicyclic) bond motifs is 1. The van der Waals surface area contributed by atoms with Gasteiger partial charge in [0.1, 0.15) is 11.8 Å². The summed E-state index contributed by atoms with van der Waals surface area (Å²) in [6.45, 7) is 4.00. The molecule has 0 bridgehead atoms. The van der Waals surface area contributed by atoms with Gasteiger partial charge in [-0.1, -0.05) is 32.0 Å². The summed E-state index contributed by atoms with van der Waals surface area (Å²) in [6, 6.07) is 9.59. The van der Waals surface area contributed by atoms with Crippen molar-refractivity contribution in [1.82, 2.24) is 0 Å². The van der Waals surface area contributed by atoms with Crippen LogP contribution in [0, 0.1) is 11.3 Å². The summed E-state index contributed by atoms with van der Waals surface area (Å²) in [4.78, 5) is 0. The van der Waals surface area contributed by atoms with E-state index in [-0.39, 0.29) is 5.88 Å². The fourth-order valence-corrected chi connectivity index (χ4v) is 1.30. The zero-order valence-electron chi connectivity index (χ0n) is 8.95. The molecule has 78 valence electrons. The van der Waals surface area contributed by atoms with E-state index in [1.807, 2.05) is 44.2 Å². The summed E-state index contributed by atoms with van der Waals surface area (Å²) >= 11 is 0. The second-order valence-electron chi connectivity index (χ2n) is 2.84. The first-order valence-electron chi connectivity index (χ1n) is 4.95. The fourth-order valence-electron chi connectivity index (χ4n) is 1.30. The molecule has 0 unspecified atom stereocenters. The number of nitriles is 1. The number of hydrogen-bond donors (Lipinski definition) is 1. The van der Waals surface area contributed by atoms with Gasteiger partial charge in [0.2, 0.25) is 5.88 Å². The smallest absolute Gasteiger partial charge is 0.205 e. The van der Waals surface area contributed by atoms with Crippen molar-refractivity contribution < 1.29 is 4.74 Å². The highest BCUT2D eigenvalue weighted by molar-refractivity contribution is 5.44. The maximum Gasteiger partial charge on any atom is 0.205 e. The van der Waals surface area contributed by atoms with Gasteiger partial charge < -0.3 is 10.5 Å². The third kappa shape index (κ3) is 2.29. The Kier molecular flexibility index (Phi) is 3.75. The van der Waals surface area contributed by atoms with E-state index in [4.69, 9.17) is 15.7 Å². The normalized spacial score (nSPS) is 12.9. The van der Waals surface area contributed by atoms with Gasteiger partial charge in [-0.15, -0.1) is 0 Å². The van der Waals surface area contributed by atoms with Gasteiger partial charge in [0, 0.05) is 12.0 Å². The van der Waals surface area contributed by atoms with Crippen LogP contribution in [0.5, 0.6) is 5.75 Å². The standard InChI is InChI=1S/C10H8N2O.C2H6/c11-6-8-5-7-3-1-2-4-9(7)13-10(8)12;1-2/h1-4H,5,12H2;1-2H3. The minimum Gasteiger partial charge on any atom is -0.440 e. The van der Waals surface area contributed by atoms with E-state index in [0.717, 1.165) is 11.3 Å². The Balaban J connectivity index is 0.000000531. The van der Waals surface area contributed by atoms with Crippen LogP contribution in [-0.4, -0.2) is 0 Å². The van der Waals surface area contributed by atoms with Crippen molar-refractivity contribution in [2.24, 2.45) is 5.73 Å². The summed E-state index contributed by atoms with van der Waals surface area (Å²) in [7, 11) is 0. The third-order valence-corrected chi connectivity index (χ3v) is 1.99. The zero-order valence-corrected chi connectivity index (χ0v) is 8.95. The van der Waals surface area contributed by atoms with Gasteiger partial charge in [0.15, 0.2) is 0 Å². The number of ether oxygens (including phenoxy) is 1. The molecule has 15 heavy (non-hydrogen) atoms. The summed E-state index contributed by atoms with van der Waals surface area (Å²) in [5.74, 6) is 0.972. The van der Waals surface area contributed by atoms with Gasteiger partial charge in [-0.05, 0) is 6.07 Å². The molecule has 1 aromatic rings. The second kappa shape index (κ2) is 5.06. The lowest BCUT2D eigenvalue weighted by atomic mass is 10.0. The number of para-hydroxylation sites is 1. The molecule has 0 aromatic heterocycles. The predicted molar refractivity (Wildman–Crippen MR) is 58.9 cm³/mol. The van der Waals surface area contributed by atoms with Gasteiger partial charge in [-0.25, -0.2) is 0 Å². The van der Waals surface area contributed by atoms with Crippen LogP contribution in [-0.2, 0) is 6.42 Å². The van der Waals surface area contributed by atoms with Crippen LogP contribution in [0.4, 0.5) is 0 Å². The van der Waals surface area contributed by atoms with Crippen LogP contribution >= 0.6 is 0 Å². The van der Waals surface area contributed by atoms with Crippen molar-refractivity contribution in [3.05, 3.63) is 41.3 Å². The summed E-state index contributed by atoms with van der Waals surface area (Å²) in [5, 5.41) is 8.72. The number of nitrogens with zero attached hydrogens (tertiary/aromatic N) is 1. The lowest BCUT2D eigenvalue weighted by molar-refractivity contribution is 0.399. The van der Waals surface area contributed by atoms with E-state index >= 15 is 0 Å². The molecule has 0 amide bonds. The average molecular weight is 202 g/mol. The largest absolute Gasteiger partial charge is 0.440 e. The summed E-state index contributed by atoms with van der Waals surface area (Å²) in [6.07, 6.45) is 0.568. The minimum absolute atomic E-state index is 0.223. The SMILES string of the molecule is CC.N#CC1=C(N)Oc2ccccc2C1. The van der Waals surface area contributed by atoms with Gasteiger partial charge in [0.05, 0.1) is 5.57 Å². The van der Waals surface area contributed by atoms with E-state index in [0.29, 0.717) is 12.0 Å². The van der Waals surface area contributed by atoms with Crippen molar-refractivity contribution in [2.75, 3.05) is 0 Å². The van der Waals surface area contributed by atoms with Gasteiger partial charge in [0.25, 0.3) is 0 Å². The lowest BCUT2D eigenvalue weighted by Crippen LogP contribution is -2.15. The molecule has 2 N–H and O–H groups in total. The van der Waals surface area contributed by atoms with Crippen molar-refractivity contribution in [1.29, 1.82) is 5.26 Å². The topological polar surface area (TPSA) is 59.0 Å². The Hall–Kier alpha value is -1.95. The Morgan fingerprint density at radius 3 is 2.67 bits per heavy atom. The molecule has 0 radical (unpaired) electrons. The number of hydrogen-bond acceptors (Lipinski definition) is 3. The molecule has 1 heterocycles. The molecule has 0 saturated heterocycles. The highest BCUT2D eigenvalue weighted by Crippen LogP contribution is 2.27. The molecule has 3 nitrogen and oxygen atoms in total. The van der Waals surface area contributed by atoms with Crippen LogP contribution < -0.4 is 10.5 Å². The molecule has 0 spiro atoms. The average Bonchev–Trinajstić information content (AvgIpc) is 2.31. The van der Waals surface area contributed by atoms with Crippen LogP contribution in [0.25, 0.3) is 0 Å². The van der Waals surface area contributed by atoms with E-state index in [1.165, 1.54) is 0 Å². The van der Waals surface area contributed by atoms with Crippen LogP contribution in [0.1, 0.15) is 19.4 Å². The molecule has 0 fully saturated rings. The molecule has 1 aliphatic rings. The molecular weight excluding hydrogens is 188 g/mol. The molecule has 1 aliphatic heterocycles. The summed E-state index contributed by atoms with van der Waals surface area (Å²) in [5.41, 5.74) is 7.05. The predicted octanol–water partition coefficient (Wildman–Crippen LogP) is 2.34. The monoisotopic (exact) mass is 202 g/mol. The Morgan fingerprint density at radius 2 is 2.00 bits per heavy atom. The molecule has 2 rings (SSSR count). The number of rotatable bonds is 0. The number of benzene rings is 1. The van der Waals surface area contributed by atoms with Crippen LogP contribution in [0.2, 0.25) is 0 Å². The van der Waals surface area contributed by atoms with Crippen LogP contribution in [0.15, 0.2) is 35.7 Å². The fraction of sp³-hybridized carbons (Fsp3) is 0.250. The van der Waals surface area contributed by atoms with Gasteiger partial charge >= 0.3 is 0 Å². The zero-order chi connectivity index (χ0) is 11.3. The number of allylic oxidation sites excluding steroid dienone is 1. The first kappa shape index (κ1) is 11.1. The van der Waals surface area contributed by atoms with Crippen molar-refractivity contribution in [2.45, 2.75) is 20.3 Å². The Bertz CT molecular complexity index is 416. The second-order valence-corrected chi connectivity index (χ2v) is 2.84. The minimum atomic E-state index is 0.223. The first-order chi connectivity index (χ1) is 7.31. The highest BCUT2D eigenvalue weighted by atomic mass is 16.5. The summed E-state index contributed by atoms with van der Waals surface area (Å²) < 4.78 is 5.27. The van der Waals surface area contributed by atoms with E-state index < -0.39 is 0 Å². The maximum atomic E-state index is 8.72. The van der Waals surface area contributed by atoms with Crippen molar-refractivity contribution >= 4 is 0 Å². The van der Waals surface area contributed by atoms with E-state index in [2.05, 4.69) is 0 Å². The highest BCUT2D eigenvalue weighted by Gasteiger charge is 2.16. The molecule has 3 heteroatoms. The Morgan fingerprint density at radius 1 is 1.33 bits per heavy atom. The molecule has 1 aromatic carbocycles.